The van der Waals surface area contributed by atoms with Gasteiger partial charge in [-0.25, -0.2) is 4.39 Å². The van der Waals surface area contributed by atoms with E-state index in [4.69, 9.17) is 9.84 Å². The molecule has 0 aliphatic rings. The highest BCUT2D eigenvalue weighted by Crippen LogP contribution is 2.34. The van der Waals surface area contributed by atoms with Crippen molar-refractivity contribution in [2.75, 3.05) is 26.7 Å². The van der Waals surface area contributed by atoms with Crippen molar-refractivity contribution in [3.63, 3.8) is 0 Å². The third-order valence-electron chi connectivity index (χ3n) is 3.01. The molecule has 1 N–H and O–H groups in total. The van der Waals surface area contributed by atoms with Gasteiger partial charge in [-0.2, -0.15) is 0 Å². The molecule has 0 fully saturated rings. The first kappa shape index (κ1) is 17.3. The number of hydrogen-bond acceptors (Lipinski definition) is 4. The van der Waals surface area contributed by atoms with Gasteiger partial charge in [0.2, 0.25) is 0 Å². The first-order valence-electron chi connectivity index (χ1n) is 7.10. The van der Waals surface area contributed by atoms with Crippen molar-refractivity contribution in [1.82, 2.24) is 4.90 Å². The smallest absolute Gasteiger partial charge is 0.317 e. The van der Waals surface area contributed by atoms with Crippen LogP contribution in [0.4, 0.5) is 4.39 Å². The van der Waals surface area contributed by atoms with Gasteiger partial charge in [0, 0.05) is 11.4 Å². The molecule has 0 unspecified atom stereocenters. The quantitative estimate of drug-likeness (QED) is 0.801. The molecule has 0 saturated heterocycles. The molecule has 2 rings (SSSR count). The van der Waals surface area contributed by atoms with E-state index in [1.54, 1.807) is 18.0 Å². The summed E-state index contributed by atoms with van der Waals surface area (Å²) < 4.78 is 19.0. The zero-order valence-corrected chi connectivity index (χ0v) is 13.6. The summed E-state index contributed by atoms with van der Waals surface area (Å²) in [4.78, 5) is 14.0. The SMILES string of the molecule is CN(CCOc1ccccc1Sc1cccc(F)c1)CC(=O)O. The van der Waals surface area contributed by atoms with Crippen molar-refractivity contribution in [3.8, 4) is 5.75 Å². The molecule has 0 aromatic heterocycles. The average molecular weight is 335 g/mol. The molecule has 2 aromatic carbocycles. The first-order valence-corrected chi connectivity index (χ1v) is 7.92. The number of halogens is 1. The van der Waals surface area contributed by atoms with Gasteiger partial charge in [0.1, 0.15) is 18.2 Å². The van der Waals surface area contributed by atoms with E-state index in [0.717, 1.165) is 9.79 Å². The van der Waals surface area contributed by atoms with Crippen LogP contribution < -0.4 is 4.74 Å². The Kier molecular flexibility index (Phi) is 6.43. The largest absolute Gasteiger partial charge is 0.491 e. The molecule has 0 saturated carbocycles. The Morgan fingerprint density at radius 3 is 2.78 bits per heavy atom. The number of benzene rings is 2. The van der Waals surface area contributed by atoms with Crippen molar-refractivity contribution < 1.29 is 19.0 Å². The van der Waals surface area contributed by atoms with Gasteiger partial charge in [-0.15, -0.1) is 0 Å². The fraction of sp³-hybridized carbons (Fsp3) is 0.235. The molecular weight excluding hydrogens is 317 g/mol. The summed E-state index contributed by atoms with van der Waals surface area (Å²) in [5.74, 6) is -0.441. The molecule has 0 bridgehead atoms. The average Bonchev–Trinajstić information content (AvgIpc) is 2.48. The van der Waals surface area contributed by atoms with Gasteiger partial charge in [0.15, 0.2) is 0 Å². The van der Waals surface area contributed by atoms with Crippen LogP contribution in [0.15, 0.2) is 58.3 Å². The molecule has 6 heteroatoms. The van der Waals surface area contributed by atoms with E-state index in [2.05, 4.69) is 0 Å². The Morgan fingerprint density at radius 2 is 2.04 bits per heavy atom. The molecule has 0 spiro atoms. The maximum Gasteiger partial charge on any atom is 0.317 e. The second-order valence-electron chi connectivity index (χ2n) is 4.99. The third-order valence-corrected chi connectivity index (χ3v) is 4.06. The summed E-state index contributed by atoms with van der Waals surface area (Å²) in [6.45, 7) is 0.860. The van der Waals surface area contributed by atoms with Gasteiger partial charge in [-0.1, -0.05) is 30.0 Å². The maximum atomic E-state index is 13.3. The van der Waals surface area contributed by atoms with Gasteiger partial charge in [0.05, 0.1) is 11.4 Å². The Hall–Kier alpha value is -2.05. The predicted octanol–water partition coefficient (Wildman–Crippen LogP) is 3.37. The fourth-order valence-electron chi connectivity index (χ4n) is 1.93. The topological polar surface area (TPSA) is 49.8 Å². The summed E-state index contributed by atoms with van der Waals surface area (Å²) in [5.41, 5.74) is 0. The zero-order valence-electron chi connectivity index (χ0n) is 12.7. The van der Waals surface area contributed by atoms with Gasteiger partial charge >= 0.3 is 5.97 Å². The molecule has 2 aromatic rings. The van der Waals surface area contributed by atoms with E-state index in [-0.39, 0.29) is 12.4 Å². The standard InChI is InChI=1S/C17H18FNO3S/c1-19(12-17(20)21)9-10-22-15-7-2-3-8-16(15)23-14-6-4-5-13(18)11-14/h2-8,11H,9-10,12H2,1H3,(H,20,21). The first-order chi connectivity index (χ1) is 11.0. The van der Waals surface area contributed by atoms with Crippen LogP contribution in [0.2, 0.25) is 0 Å². The molecule has 23 heavy (non-hydrogen) atoms. The molecule has 0 heterocycles. The van der Waals surface area contributed by atoms with Crippen LogP contribution in [0.25, 0.3) is 0 Å². The highest BCUT2D eigenvalue weighted by molar-refractivity contribution is 7.99. The Labute approximate surface area is 138 Å². The third kappa shape index (κ3) is 5.92. The molecule has 0 aliphatic heterocycles. The minimum absolute atomic E-state index is 0.0248. The van der Waals surface area contributed by atoms with E-state index in [1.807, 2.05) is 30.3 Å². The van der Waals surface area contributed by atoms with Crippen LogP contribution in [0.5, 0.6) is 5.75 Å². The van der Waals surface area contributed by atoms with Gasteiger partial charge in [-0.05, 0) is 37.4 Å². The Bertz CT molecular complexity index is 666. The summed E-state index contributed by atoms with van der Waals surface area (Å²) in [7, 11) is 1.73. The number of para-hydroxylation sites is 1. The lowest BCUT2D eigenvalue weighted by atomic mass is 10.3. The summed E-state index contributed by atoms with van der Waals surface area (Å²) in [6.07, 6.45) is 0. The number of nitrogens with zero attached hydrogens (tertiary/aromatic N) is 1. The molecule has 4 nitrogen and oxygen atoms in total. The number of carboxylic acids is 1. The van der Waals surface area contributed by atoms with Crippen LogP contribution in [-0.2, 0) is 4.79 Å². The second kappa shape index (κ2) is 8.55. The highest BCUT2D eigenvalue weighted by atomic mass is 32.2. The monoisotopic (exact) mass is 335 g/mol. The van der Waals surface area contributed by atoms with E-state index in [0.29, 0.717) is 18.9 Å². The minimum Gasteiger partial charge on any atom is -0.491 e. The minimum atomic E-state index is -0.866. The number of likely N-dealkylation sites (N-methyl/N-ethyl adjacent to an activating group) is 1. The Morgan fingerprint density at radius 1 is 1.26 bits per heavy atom. The molecule has 122 valence electrons. The zero-order chi connectivity index (χ0) is 16.7. The molecule has 0 radical (unpaired) electrons. The van der Waals surface area contributed by atoms with E-state index >= 15 is 0 Å². The molecular formula is C17H18FNO3S. The van der Waals surface area contributed by atoms with Gasteiger partial charge in [-0.3, -0.25) is 9.69 Å². The van der Waals surface area contributed by atoms with Crippen molar-refractivity contribution in [1.29, 1.82) is 0 Å². The number of hydrogen-bond donors (Lipinski definition) is 1. The van der Waals surface area contributed by atoms with Crippen LogP contribution >= 0.6 is 11.8 Å². The summed E-state index contributed by atoms with van der Waals surface area (Å²) >= 11 is 1.43. The van der Waals surface area contributed by atoms with Crippen molar-refractivity contribution in [3.05, 3.63) is 54.3 Å². The predicted molar refractivity (Wildman–Crippen MR) is 87.6 cm³/mol. The normalized spacial score (nSPS) is 10.7. The van der Waals surface area contributed by atoms with Crippen LogP contribution in [0.1, 0.15) is 0 Å². The number of rotatable bonds is 8. The summed E-state index contributed by atoms with van der Waals surface area (Å²) in [5, 5.41) is 8.71. The van der Waals surface area contributed by atoms with Crippen molar-refractivity contribution >= 4 is 17.7 Å². The number of aliphatic carboxylic acids is 1. The Balaban J connectivity index is 1.96. The van der Waals surface area contributed by atoms with Crippen LogP contribution in [0, 0.1) is 5.82 Å². The number of ether oxygens (including phenoxy) is 1. The van der Waals surface area contributed by atoms with Gasteiger partial charge in [0.25, 0.3) is 0 Å². The molecule has 0 amide bonds. The van der Waals surface area contributed by atoms with Gasteiger partial charge < -0.3 is 9.84 Å². The lowest BCUT2D eigenvalue weighted by molar-refractivity contribution is -0.138. The van der Waals surface area contributed by atoms with E-state index < -0.39 is 5.97 Å². The maximum absolute atomic E-state index is 13.3. The lowest BCUT2D eigenvalue weighted by Crippen LogP contribution is -2.29. The van der Waals surface area contributed by atoms with Crippen LogP contribution in [-0.4, -0.2) is 42.7 Å². The van der Waals surface area contributed by atoms with Crippen LogP contribution in [0.3, 0.4) is 0 Å². The number of carbonyl (C=O) groups is 1. The van der Waals surface area contributed by atoms with Crippen molar-refractivity contribution in [2.45, 2.75) is 9.79 Å². The summed E-state index contributed by atoms with van der Waals surface area (Å²) in [6, 6.07) is 13.9. The number of carboxylic acid groups (broad SMARTS) is 1. The molecule has 0 atom stereocenters. The van der Waals surface area contributed by atoms with E-state index in [9.17, 15) is 9.18 Å². The highest BCUT2D eigenvalue weighted by Gasteiger charge is 2.08. The lowest BCUT2D eigenvalue weighted by Gasteiger charge is -2.16. The van der Waals surface area contributed by atoms with E-state index in [1.165, 1.54) is 23.9 Å². The second-order valence-corrected chi connectivity index (χ2v) is 6.10. The van der Waals surface area contributed by atoms with Crippen molar-refractivity contribution in [2.24, 2.45) is 0 Å². The fourth-order valence-corrected chi connectivity index (χ4v) is 2.88. The molecule has 0 aliphatic carbocycles.